The van der Waals surface area contributed by atoms with Gasteiger partial charge >= 0.3 is 6.61 Å². The van der Waals surface area contributed by atoms with Crippen LogP contribution in [0.5, 0.6) is 5.75 Å². The van der Waals surface area contributed by atoms with Crippen LogP contribution in [0.1, 0.15) is 22.8 Å². The van der Waals surface area contributed by atoms with Crippen molar-refractivity contribution in [3.63, 3.8) is 0 Å². The summed E-state index contributed by atoms with van der Waals surface area (Å²) >= 11 is 0. The highest BCUT2D eigenvalue weighted by molar-refractivity contribution is 5.41. The van der Waals surface area contributed by atoms with E-state index < -0.39 is 18.5 Å². The molecular formula is C15H13F3O2. The Labute approximate surface area is 114 Å². The molecule has 0 radical (unpaired) electrons. The second-order valence-electron chi connectivity index (χ2n) is 4.33. The Kier molecular flexibility index (Phi) is 4.29. The topological polar surface area (TPSA) is 29.5 Å². The largest absolute Gasteiger partial charge is 0.434 e. The van der Waals surface area contributed by atoms with E-state index in [4.69, 9.17) is 0 Å². The van der Waals surface area contributed by atoms with Gasteiger partial charge in [-0.3, -0.25) is 0 Å². The molecule has 0 heterocycles. The molecule has 1 N–H and O–H groups in total. The molecule has 0 spiro atoms. The third-order valence-electron chi connectivity index (χ3n) is 2.93. The van der Waals surface area contributed by atoms with Gasteiger partial charge in [-0.2, -0.15) is 8.78 Å². The molecule has 0 aliphatic rings. The van der Waals surface area contributed by atoms with Gasteiger partial charge in [0, 0.05) is 5.56 Å². The molecule has 0 fully saturated rings. The minimum absolute atomic E-state index is 0.100. The van der Waals surface area contributed by atoms with Crippen molar-refractivity contribution in [2.24, 2.45) is 0 Å². The van der Waals surface area contributed by atoms with Gasteiger partial charge in [0.1, 0.15) is 17.7 Å². The number of ether oxygens (including phenoxy) is 1. The van der Waals surface area contributed by atoms with Gasteiger partial charge in [0.15, 0.2) is 0 Å². The lowest BCUT2D eigenvalue weighted by Crippen LogP contribution is -2.08. The van der Waals surface area contributed by atoms with Crippen molar-refractivity contribution < 1.29 is 23.0 Å². The van der Waals surface area contributed by atoms with Gasteiger partial charge in [-0.25, -0.2) is 4.39 Å². The van der Waals surface area contributed by atoms with Crippen molar-refractivity contribution >= 4 is 0 Å². The molecule has 106 valence electrons. The zero-order valence-electron chi connectivity index (χ0n) is 10.7. The summed E-state index contributed by atoms with van der Waals surface area (Å²) in [7, 11) is 0. The van der Waals surface area contributed by atoms with Crippen LogP contribution in [-0.2, 0) is 0 Å². The van der Waals surface area contributed by atoms with E-state index in [-0.39, 0.29) is 11.3 Å². The van der Waals surface area contributed by atoms with E-state index >= 15 is 0 Å². The van der Waals surface area contributed by atoms with Crippen molar-refractivity contribution in [1.29, 1.82) is 0 Å². The van der Waals surface area contributed by atoms with Crippen molar-refractivity contribution in [3.8, 4) is 5.75 Å². The lowest BCUT2D eigenvalue weighted by atomic mass is 9.99. The van der Waals surface area contributed by atoms with Gasteiger partial charge < -0.3 is 9.84 Å². The molecule has 0 bridgehead atoms. The number of para-hydroxylation sites is 1. The summed E-state index contributed by atoms with van der Waals surface area (Å²) in [5.41, 5.74) is 0.988. The monoisotopic (exact) mass is 282 g/mol. The highest BCUT2D eigenvalue weighted by Gasteiger charge is 2.18. The van der Waals surface area contributed by atoms with Crippen molar-refractivity contribution in [2.45, 2.75) is 19.6 Å². The molecule has 5 heteroatoms. The third kappa shape index (κ3) is 3.11. The van der Waals surface area contributed by atoms with E-state index in [0.29, 0.717) is 11.1 Å². The second-order valence-corrected chi connectivity index (χ2v) is 4.33. The normalized spacial score (nSPS) is 12.5. The molecule has 0 saturated carbocycles. The van der Waals surface area contributed by atoms with Gasteiger partial charge in [0.2, 0.25) is 0 Å². The molecule has 20 heavy (non-hydrogen) atoms. The van der Waals surface area contributed by atoms with Crippen molar-refractivity contribution in [3.05, 3.63) is 65.0 Å². The smallest absolute Gasteiger partial charge is 0.387 e. The molecule has 0 aliphatic carbocycles. The van der Waals surface area contributed by atoms with Crippen LogP contribution in [-0.4, -0.2) is 11.7 Å². The maximum absolute atomic E-state index is 13.2. The molecule has 0 aliphatic heterocycles. The number of halogens is 3. The first-order valence-corrected chi connectivity index (χ1v) is 5.97. The first-order valence-electron chi connectivity index (χ1n) is 5.97. The lowest BCUT2D eigenvalue weighted by molar-refractivity contribution is -0.0512. The minimum Gasteiger partial charge on any atom is -0.434 e. The van der Waals surface area contributed by atoms with Gasteiger partial charge in [-0.05, 0) is 30.2 Å². The summed E-state index contributed by atoms with van der Waals surface area (Å²) in [4.78, 5) is 0. The Morgan fingerprint density at radius 3 is 2.45 bits per heavy atom. The zero-order chi connectivity index (χ0) is 14.7. The van der Waals surface area contributed by atoms with E-state index in [9.17, 15) is 18.3 Å². The van der Waals surface area contributed by atoms with Gasteiger partial charge in [-0.1, -0.05) is 30.3 Å². The third-order valence-corrected chi connectivity index (χ3v) is 2.93. The fourth-order valence-corrected chi connectivity index (χ4v) is 1.93. The van der Waals surface area contributed by atoms with Gasteiger partial charge in [0.05, 0.1) is 0 Å². The van der Waals surface area contributed by atoms with E-state index in [1.807, 2.05) is 0 Å². The lowest BCUT2D eigenvalue weighted by Gasteiger charge is -2.16. The van der Waals surface area contributed by atoms with E-state index in [0.717, 1.165) is 0 Å². The van der Waals surface area contributed by atoms with Crippen LogP contribution < -0.4 is 4.74 Å². The molecular weight excluding hydrogens is 269 g/mol. The highest BCUT2D eigenvalue weighted by atomic mass is 19.3. The molecule has 2 aromatic carbocycles. The number of hydrogen-bond acceptors (Lipinski definition) is 2. The van der Waals surface area contributed by atoms with Crippen molar-refractivity contribution in [1.82, 2.24) is 0 Å². The predicted molar refractivity (Wildman–Crippen MR) is 68.3 cm³/mol. The van der Waals surface area contributed by atoms with E-state index in [1.165, 1.54) is 36.4 Å². The average Bonchev–Trinajstić information content (AvgIpc) is 2.41. The quantitative estimate of drug-likeness (QED) is 0.923. The molecule has 1 unspecified atom stereocenters. The van der Waals surface area contributed by atoms with Crippen LogP contribution in [0.15, 0.2) is 42.5 Å². The number of alkyl halides is 2. The maximum Gasteiger partial charge on any atom is 0.387 e. The number of benzene rings is 2. The fourth-order valence-electron chi connectivity index (χ4n) is 1.93. The average molecular weight is 282 g/mol. The van der Waals surface area contributed by atoms with Crippen LogP contribution in [0, 0.1) is 12.7 Å². The van der Waals surface area contributed by atoms with Gasteiger partial charge in [-0.15, -0.1) is 0 Å². The SMILES string of the molecule is Cc1cc(C(O)c2ccccc2OC(F)F)ccc1F. The highest BCUT2D eigenvalue weighted by Crippen LogP contribution is 2.31. The Morgan fingerprint density at radius 2 is 1.80 bits per heavy atom. The predicted octanol–water partition coefficient (Wildman–Crippen LogP) is 3.82. The fraction of sp³-hybridized carbons (Fsp3) is 0.200. The van der Waals surface area contributed by atoms with Crippen LogP contribution in [0.2, 0.25) is 0 Å². The Morgan fingerprint density at radius 1 is 1.10 bits per heavy atom. The molecule has 0 aromatic heterocycles. The Balaban J connectivity index is 2.37. The number of aryl methyl sites for hydroxylation is 1. The van der Waals surface area contributed by atoms with Crippen LogP contribution in [0.3, 0.4) is 0 Å². The Bertz CT molecular complexity index is 599. The number of aliphatic hydroxyl groups is 1. The molecule has 2 rings (SSSR count). The van der Waals surface area contributed by atoms with Crippen LogP contribution >= 0.6 is 0 Å². The summed E-state index contributed by atoms with van der Waals surface area (Å²) < 4.78 is 42.2. The van der Waals surface area contributed by atoms with Gasteiger partial charge in [0.25, 0.3) is 0 Å². The molecule has 2 nitrogen and oxygen atoms in total. The summed E-state index contributed by atoms with van der Waals surface area (Å²) in [5, 5.41) is 10.3. The summed E-state index contributed by atoms with van der Waals surface area (Å²) in [6.07, 6.45) is -1.16. The number of rotatable bonds is 4. The van der Waals surface area contributed by atoms with Crippen LogP contribution in [0.25, 0.3) is 0 Å². The maximum atomic E-state index is 13.2. The number of hydrogen-bond donors (Lipinski definition) is 1. The second kappa shape index (κ2) is 5.96. The first-order chi connectivity index (χ1) is 9.49. The standard InChI is InChI=1S/C15H13F3O2/c1-9-8-10(6-7-12(9)16)14(19)11-4-2-3-5-13(11)20-15(17)18/h2-8,14-15,19H,1H3. The van der Waals surface area contributed by atoms with Crippen molar-refractivity contribution in [2.75, 3.05) is 0 Å². The summed E-state index contributed by atoms with van der Waals surface area (Å²) in [6.45, 7) is -1.41. The van der Waals surface area contributed by atoms with E-state index in [2.05, 4.69) is 4.74 Å². The van der Waals surface area contributed by atoms with E-state index in [1.54, 1.807) is 13.0 Å². The Hall–Kier alpha value is -2.01. The summed E-state index contributed by atoms with van der Waals surface area (Å²) in [5.74, 6) is -0.491. The van der Waals surface area contributed by atoms with Crippen LogP contribution in [0.4, 0.5) is 13.2 Å². The zero-order valence-corrected chi connectivity index (χ0v) is 10.7. The number of aliphatic hydroxyl groups excluding tert-OH is 1. The molecule has 1 atom stereocenters. The molecule has 0 amide bonds. The minimum atomic E-state index is -2.97. The molecule has 0 saturated heterocycles. The first kappa shape index (κ1) is 14.4. The summed E-state index contributed by atoms with van der Waals surface area (Å²) in [6, 6.07) is 10.1. The molecule has 2 aromatic rings.